The van der Waals surface area contributed by atoms with Crippen LogP contribution in [0.15, 0.2) is 36.4 Å². The first-order valence-electron chi connectivity index (χ1n) is 8.96. The van der Waals surface area contributed by atoms with Crippen LogP contribution < -0.4 is 15.1 Å². The van der Waals surface area contributed by atoms with Crippen LogP contribution in [0.1, 0.15) is 37.2 Å². The van der Waals surface area contributed by atoms with Crippen molar-refractivity contribution in [3.05, 3.63) is 42.1 Å². The van der Waals surface area contributed by atoms with Gasteiger partial charge in [0.1, 0.15) is 0 Å². The summed E-state index contributed by atoms with van der Waals surface area (Å²) in [5, 5.41) is 11.1. The number of hydrogen-bond donors (Lipinski definition) is 1. The van der Waals surface area contributed by atoms with Crippen LogP contribution in [0.5, 0.6) is 0 Å². The molecule has 1 aliphatic heterocycles. The Labute approximate surface area is 148 Å². The van der Waals surface area contributed by atoms with Gasteiger partial charge in [-0.05, 0) is 63.1 Å². The van der Waals surface area contributed by atoms with E-state index < -0.39 is 0 Å². The minimum Gasteiger partial charge on any atom is -0.372 e. The second-order valence-corrected chi connectivity index (χ2v) is 6.14. The number of carbonyl (C=O) groups is 1. The van der Waals surface area contributed by atoms with Crippen LogP contribution in [0.25, 0.3) is 0 Å². The van der Waals surface area contributed by atoms with Crippen molar-refractivity contribution in [2.75, 3.05) is 41.3 Å². The number of rotatable bonds is 6. The number of benzene rings is 1. The number of anilines is 3. The van der Waals surface area contributed by atoms with Crippen LogP contribution in [-0.4, -0.2) is 42.3 Å². The van der Waals surface area contributed by atoms with Crippen LogP contribution in [0.2, 0.25) is 0 Å². The number of hydrogen-bond acceptors (Lipinski definition) is 5. The maximum atomic E-state index is 12.3. The molecule has 0 radical (unpaired) electrons. The van der Waals surface area contributed by atoms with E-state index in [0.717, 1.165) is 37.7 Å². The molecule has 0 unspecified atom stereocenters. The number of nitrogens with one attached hydrogen (secondary N) is 1. The predicted molar refractivity (Wildman–Crippen MR) is 101 cm³/mol. The van der Waals surface area contributed by atoms with Gasteiger partial charge in [0.25, 0.3) is 5.91 Å². The lowest BCUT2D eigenvalue weighted by atomic mass is 10.2. The van der Waals surface area contributed by atoms with Gasteiger partial charge in [-0.1, -0.05) is 0 Å². The minimum absolute atomic E-state index is 0.243. The first kappa shape index (κ1) is 17.2. The molecule has 1 amide bonds. The van der Waals surface area contributed by atoms with Crippen molar-refractivity contribution in [3.8, 4) is 0 Å². The van der Waals surface area contributed by atoms with E-state index in [1.54, 1.807) is 6.07 Å². The normalized spacial score (nSPS) is 13.8. The Bertz CT molecular complexity index is 689. The van der Waals surface area contributed by atoms with Gasteiger partial charge in [-0.2, -0.15) is 0 Å². The molecule has 3 rings (SSSR count). The van der Waals surface area contributed by atoms with Crippen molar-refractivity contribution in [1.82, 2.24) is 10.2 Å². The largest absolute Gasteiger partial charge is 0.372 e. The first-order valence-corrected chi connectivity index (χ1v) is 8.96. The molecule has 0 atom stereocenters. The number of nitrogens with zero attached hydrogens (tertiary/aromatic N) is 4. The molecule has 1 aromatic carbocycles. The van der Waals surface area contributed by atoms with Gasteiger partial charge in [0.15, 0.2) is 11.5 Å². The standard InChI is InChI=1S/C19H25N5O/c1-3-23(4-2)18-12-11-17(21-22-18)19(25)20-15-7-9-16(10-8-15)24-13-5-6-14-24/h7-12H,3-6,13-14H2,1-2H3,(H,20,25). The summed E-state index contributed by atoms with van der Waals surface area (Å²) in [4.78, 5) is 16.8. The van der Waals surface area contributed by atoms with Crippen LogP contribution in [0, 0.1) is 0 Å². The van der Waals surface area contributed by atoms with E-state index in [2.05, 4.69) is 51.3 Å². The Morgan fingerprint density at radius 1 is 1.04 bits per heavy atom. The van der Waals surface area contributed by atoms with Gasteiger partial charge >= 0.3 is 0 Å². The van der Waals surface area contributed by atoms with E-state index in [9.17, 15) is 4.79 Å². The van der Waals surface area contributed by atoms with E-state index in [1.165, 1.54) is 18.5 Å². The zero-order chi connectivity index (χ0) is 17.6. The molecular formula is C19H25N5O. The van der Waals surface area contributed by atoms with E-state index in [0.29, 0.717) is 5.69 Å². The Kier molecular flexibility index (Phi) is 5.48. The highest BCUT2D eigenvalue weighted by Crippen LogP contribution is 2.22. The van der Waals surface area contributed by atoms with Gasteiger partial charge < -0.3 is 15.1 Å². The maximum Gasteiger partial charge on any atom is 0.276 e. The molecule has 1 N–H and O–H groups in total. The maximum absolute atomic E-state index is 12.3. The van der Waals surface area contributed by atoms with Gasteiger partial charge in [0, 0.05) is 37.6 Å². The lowest BCUT2D eigenvalue weighted by Gasteiger charge is -2.19. The Balaban J connectivity index is 1.63. The topological polar surface area (TPSA) is 61.4 Å². The second-order valence-electron chi connectivity index (χ2n) is 6.14. The fraction of sp³-hybridized carbons (Fsp3) is 0.421. The van der Waals surface area contributed by atoms with E-state index in [1.807, 2.05) is 18.2 Å². The van der Waals surface area contributed by atoms with Crippen molar-refractivity contribution in [3.63, 3.8) is 0 Å². The first-order chi connectivity index (χ1) is 12.2. The van der Waals surface area contributed by atoms with E-state index in [-0.39, 0.29) is 5.91 Å². The third kappa shape index (κ3) is 4.07. The van der Waals surface area contributed by atoms with Gasteiger partial charge in [0.2, 0.25) is 0 Å². The Morgan fingerprint density at radius 3 is 2.28 bits per heavy atom. The van der Waals surface area contributed by atoms with Gasteiger partial charge in [-0.15, -0.1) is 10.2 Å². The van der Waals surface area contributed by atoms with Crippen molar-refractivity contribution in [1.29, 1.82) is 0 Å². The Hall–Kier alpha value is -2.63. The van der Waals surface area contributed by atoms with E-state index >= 15 is 0 Å². The van der Waals surface area contributed by atoms with Gasteiger partial charge in [0.05, 0.1) is 0 Å². The molecule has 25 heavy (non-hydrogen) atoms. The molecule has 6 heteroatoms. The molecular weight excluding hydrogens is 314 g/mol. The van der Waals surface area contributed by atoms with Gasteiger partial charge in [-0.25, -0.2) is 0 Å². The third-order valence-corrected chi connectivity index (χ3v) is 4.57. The third-order valence-electron chi connectivity index (χ3n) is 4.57. The highest BCUT2D eigenvalue weighted by atomic mass is 16.1. The summed E-state index contributed by atoms with van der Waals surface area (Å²) in [6.45, 7) is 8.08. The van der Waals surface area contributed by atoms with Gasteiger partial charge in [-0.3, -0.25) is 4.79 Å². The molecule has 0 aliphatic carbocycles. The summed E-state index contributed by atoms with van der Waals surface area (Å²) in [5.41, 5.74) is 2.29. The molecule has 2 heterocycles. The molecule has 1 aromatic heterocycles. The van der Waals surface area contributed by atoms with Crippen LogP contribution in [0.4, 0.5) is 17.2 Å². The SMILES string of the molecule is CCN(CC)c1ccc(C(=O)Nc2ccc(N3CCCC3)cc2)nn1. The van der Waals surface area contributed by atoms with Crippen molar-refractivity contribution in [2.24, 2.45) is 0 Å². The van der Waals surface area contributed by atoms with Crippen molar-refractivity contribution in [2.45, 2.75) is 26.7 Å². The Morgan fingerprint density at radius 2 is 1.72 bits per heavy atom. The highest BCUT2D eigenvalue weighted by molar-refractivity contribution is 6.02. The summed E-state index contributed by atoms with van der Waals surface area (Å²) in [6, 6.07) is 11.5. The average Bonchev–Trinajstić information content (AvgIpc) is 3.18. The lowest BCUT2D eigenvalue weighted by molar-refractivity contribution is 0.102. The monoisotopic (exact) mass is 339 g/mol. The quantitative estimate of drug-likeness (QED) is 0.876. The van der Waals surface area contributed by atoms with E-state index in [4.69, 9.17) is 0 Å². The molecule has 6 nitrogen and oxygen atoms in total. The number of amides is 1. The highest BCUT2D eigenvalue weighted by Gasteiger charge is 2.13. The molecule has 132 valence electrons. The number of carbonyl (C=O) groups excluding carboxylic acids is 1. The lowest BCUT2D eigenvalue weighted by Crippen LogP contribution is -2.24. The minimum atomic E-state index is -0.243. The fourth-order valence-corrected chi connectivity index (χ4v) is 3.09. The zero-order valence-corrected chi connectivity index (χ0v) is 14.9. The summed E-state index contributed by atoms with van der Waals surface area (Å²) < 4.78 is 0. The van der Waals surface area contributed by atoms with Crippen LogP contribution in [0.3, 0.4) is 0 Å². The summed E-state index contributed by atoms with van der Waals surface area (Å²) in [5.74, 6) is 0.545. The molecule has 0 spiro atoms. The van der Waals surface area contributed by atoms with Crippen LogP contribution >= 0.6 is 0 Å². The summed E-state index contributed by atoms with van der Waals surface area (Å²) in [7, 11) is 0. The molecule has 0 bridgehead atoms. The summed E-state index contributed by atoms with van der Waals surface area (Å²) >= 11 is 0. The predicted octanol–water partition coefficient (Wildman–Crippen LogP) is 3.18. The zero-order valence-electron chi connectivity index (χ0n) is 14.9. The van der Waals surface area contributed by atoms with Crippen molar-refractivity contribution < 1.29 is 4.79 Å². The van der Waals surface area contributed by atoms with Crippen molar-refractivity contribution >= 4 is 23.1 Å². The smallest absolute Gasteiger partial charge is 0.276 e. The average molecular weight is 339 g/mol. The molecule has 2 aromatic rings. The van der Waals surface area contributed by atoms with Crippen LogP contribution in [-0.2, 0) is 0 Å². The number of aromatic nitrogens is 2. The summed E-state index contributed by atoms with van der Waals surface area (Å²) in [6.07, 6.45) is 2.50. The second kappa shape index (κ2) is 7.96. The molecule has 0 saturated carbocycles. The molecule has 1 saturated heterocycles. The molecule has 1 aliphatic rings. The fourth-order valence-electron chi connectivity index (χ4n) is 3.09. The molecule has 1 fully saturated rings.